The second-order valence-electron chi connectivity index (χ2n) is 6.92. The Hall–Kier alpha value is -3.76. The van der Waals surface area contributed by atoms with Crippen LogP contribution in [-0.4, -0.2) is 8.75 Å². The second-order valence-corrected chi connectivity index (χ2v) is 7.44. The van der Waals surface area contributed by atoms with Gasteiger partial charge >= 0.3 is 0 Å². The summed E-state index contributed by atoms with van der Waals surface area (Å²) < 4.78 is 8.80. The van der Waals surface area contributed by atoms with Crippen molar-refractivity contribution in [3.63, 3.8) is 0 Å². The quantitative estimate of drug-likeness (QED) is 0.310. The van der Waals surface area contributed by atoms with Gasteiger partial charge in [-0.3, -0.25) is 0 Å². The van der Waals surface area contributed by atoms with Gasteiger partial charge in [-0.2, -0.15) is 8.75 Å². The SMILES string of the molecule is C(=CN(c1ccccc1)c1ccccc1)c1ccc(-c2cccc3nsnc23)cc1. The molecule has 0 amide bonds. The molecule has 30 heavy (non-hydrogen) atoms. The molecule has 0 atom stereocenters. The Morgan fingerprint density at radius 1 is 0.633 bits per heavy atom. The molecule has 0 saturated heterocycles. The van der Waals surface area contributed by atoms with Gasteiger partial charge in [0.05, 0.1) is 11.7 Å². The maximum absolute atomic E-state index is 4.45. The molecule has 4 heteroatoms. The van der Waals surface area contributed by atoms with Crippen molar-refractivity contribution in [2.24, 2.45) is 0 Å². The van der Waals surface area contributed by atoms with Crippen molar-refractivity contribution in [2.75, 3.05) is 4.90 Å². The third-order valence-electron chi connectivity index (χ3n) is 4.99. The zero-order chi connectivity index (χ0) is 20.2. The molecule has 0 aliphatic heterocycles. The second kappa shape index (κ2) is 8.31. The highest BCUT2D eigenvalue weighted by Gasteiger charge is 2.07. The van der Waals surface area contributed by atoms with Crippen molar-refractivity contribution in [3.05, 3.63) is 115 Å². The molecule has 4 aromatic carbocycles. The highest BCUT2D eigenvalue weighted by molar-refractivity contribution is 7.00. The lowest BCUT2D eigenvalue weighted by atomic mass is 10.0. The molecule has 0 aliphatic rings. The number of hydrogen-bond donors (Lipinski definition) is 0. The maximum atomic E-state index is 4.45. The molecule has 0 bridgehead atoms. The minimum absolute atomic E-state index is 0.947. The zero-order valence-corrected chi connectivity index (χ0v) is 17.0. The van der Waals surface area contributed by atoms with E-state index < -0.39 is 0 Å². The number of hydrogen-bond acceptors (Lipinski definition) is 4. The summed E-state index contributed by atoms with van der Waals surface area (Å²) in [6.45, 7) is 0. The van der Waals surface area contributed by atoms with E-state index in [1.54, 1.807) is 0 Å². The van der Waals surface area contributed by atoms with E-state index >= 15 is 0 Å². The highest BCUT2D eigenvalue weighted by atomic mass is 32.1. The van der Waals surface area contributed by atoms with E-state index in [2.05, 4.69) is 105 Å². The Morgan fingerprint density at radius 3 is 1.97 bits per heavy atom. The van der Waals surface area contributed by atoms with Crippen molar-refractivity contribution in [2.45, 2.75) is 0 Å². The topological polar surface area (TPSA) is 29.0 Å². The van der Waals surface area contributed by atoms with Crippen LogP contribution in [-0.2, 0) is 0 Å². The average molecular weight is 406 g/mol. The molecule has 1 heterocycles. The van der Waals surface area contributed by atoms with Crippen molar-refractivity contribution >= 4 is 40.2 Å². The van der Waals surface area contributed by atoms with Gasteiger partial charge in [0, 0.05) is 23.1 Å². The van der Waals surface area contributed by atoms with Crippen molar-refractivity contribution in [1.29, 1.82) is 0 Å². The number of aromatic nitrogens is 2. The summed E-state index contributed by atoms with van der Waals surface area (Å²) in [7, 11) is 0. The van der Waals surface area contributed by atoms with Crippen LogP contribution in [0.5, 0.6) is 0 Å². The Labute approximate surface area is 179 Å². The monoisotopic (exact) mass is 405 g/mol. The number of nitrogens with zero attached hydrogens (tertiary/aromatic N) is 3. The maximum Gasteiger partial charge on any atom is 0.112 e. The van der Waals surface area contributed by atoms with Crippen LogP contribution in [0, 0.1) is 0 Å². The molecular formula is C26H19N3S. The molecule has 0 fully saturated rings. The molecule has 0 radical (unpaired) electrons. The van der Waals surface area contributed by atoms with E-state index in [0.717, 1.165) is 39.1 Å². The van der Waals surface area contributed by atoms with E-state index in [1.165, 1.54) is 11.7 Å². The fourth-order valence-electron chi connectivity index (χ4n) is 3.47. The van der Waals surface area contributed by atoms with Crippen LogP contribution < -0.4 is 4.90 Å². The fourth-order valence-corrected chi connectivity index (χ4v) is 4.02. The van der Waals surface area contributed by atoms with Crippen LogP contribution in [0.25, 0.3) is 28.2 Å². The lowest BCUT2D eigenvalue weighted by Gasteiger charge is -2.20. The smallest absolute Gasteiger partial charge is 0.112 e. The third-order valence-corrected chi connectivity index (χ3v) is 5.54. The third kappa shape index (κ3) is 3.73. The summed E-state index contributed by atoms with van der Waals surface area (Å²) in [5, 5.41) is 0. The molecule has 0 aliphatic carbocycles. The van der Waals surface area contributed by atoms with Crippen molar-refractivity contribution in [3.8, 4) is 11.1 Å². The summed E-state index contributed by atoms with van der Waals surface area (Å²) in [6, 6.07) is 35.4. The van der Waals surface area contributed by atoms with Crippen molar-refractivity contribution < 1.29 is 0 Å². The molecule has 144 valence electrons. The largest absolute Gasteiger partial charge is 0.317 e. The average Bonchev–Trinajstić information content (AvgIpc) is 3.30. The number of anilines is 2. The van der Waals surface area contributed by atoms with Crippen LogP contribution >= 0.6 is 11.7 Å². The predicted molar refractivity (Wildman–Crippen MR) is 127 cm³/mol. The van der Waals surface area contributed by atoms with Gasteiger partial charge in [-0.25, -0.2) is 0 Å². The summed E-state index contributed by atoms with van der Waals surface area (Å²) in [6.07, 6.45) is 4.25. The predicted octanol–water partition coefficient (Wildman–Crippen LogP) is 7.17. The minimum Gasteiger partial charge on any atom is -0.317 e. The summed E-state index contributed by atoms with van der Waals surface area (Å²) >= 11 is 1.26. The molecule has 0 unspecified atom stereocenters. The van der Waals surface area contributed by atoms with Gasteiger partial charge in [-0.15, -0.1) is 0 Å². The Balaban J connectivity index is 1.45. The first kappa shape index (κ1) is 18.3. The first-order chi connectivity index (χ1) is 14.9. The van der Waals surface area contributed by atoms with E-state index in [-0.39, 0.29) is 0 Å². The number of para-hydroxylation sites is 2. The summed E-state index contributed by atoms with van der Waals surface area (Å²) in [5.74, 6) is 0. The summed E-state index contributed by atoms with van der Waals surface area (Å²) in [5.41, 5.74) is 7.56. The molecule has 1 aromatic heterocycles. The van der Waals surface area contributed by atoms with E-state index in [0.29, 0.717) is 0 Å². The van der Waals surface area contributed by atoms with E-state index in [1.807, 2.05) is 24.3 Å². The van der Waals surface area contributed by atoms with Gasteiger partial charge in [0.2, 0.25) is 0 Å². The fraction of sp³-hybridized carbons (Fsp3) is 0. The van der Waals surface area contributed by atoms with Crippen LogP contribution in [0.3, 0.4) is 0 Å². The Morgan fingerprint density at radius 2 is 1.30 bits per heavy atom. The van der Waals surface area contributed by atoms with E-state index in [4.69, 9.17) is 0 Å². The molecule has 0 spiro atoms. The Bertz CT molecular complexity index is 1240. The molecular weight excluding hydrogens is 386 g/mol. The molecule has 0 saturated carbocycles. The molecule has 0 N–H and O–H groups in total. The standard InChI is InChI=1S/C26H19N3S/c1-3-8-22(9-4-1)29(23-10-5-2-6-11-23)19-18-20-14-16-21(17-15-20)24-12-7-13-25-26(24)28-30-27-25/h1-19H. The number of fused-ring (bicyclic) bond motifs is 1. The number of rotatable bonds is 5. The van der Waals surface area contributed by atoms with Crippen LogP contribution in [0.2, 0.25) is 0 Å². The molecule has 3 nitrogen and oxygen atoms in total. The normalized spacial score (nSPS) is 11.2. The summed E-state index contributed by atoms with van der Waals surface area (Å²) in [4.78, 5) is 2.19. The van der Waals surface area contributed by atoms with Gasteiger partial charge in [0.15, 0.2) is 0 Å². The molecule has 5 aromatic rings. The van der Waals surface area contributed by atoms with Crippen LogP contribution in [0.1, 0.15) is 5.56 Å². The molecule has 5 rings (SSSR count). The van der Waals surface area contributed by atoms with Crippen LogP contribution in [0.15, 0.2) is 109 Å². The van der Waals surface area contributed by atoms with Gasteiger partial charge in [0.25, 0.3) is 0 Å². The van der Waals surface area contributed by atoms with E-state index in [9.17, 15) is 0 Å². The minimum atomic E-state index is 0.947. The first-order valence-electron chi connectivity index (χ1n) is 9.78. The van der Waals surface area contributed by atoms with Gasteiger partial charge in [-0.1, -0.05) is 72.8 Å². The lowest BCUT2D eigenvalue weighted by molar-refractivity contribution is 1.29. The van der Waals surface area contributed by atoms with Gasteiger partial charge in [0.1, 0.15) is 11.0 Å². The van der Waals surface area contributed by atoms with Crippen LogP contribution in [0.4, 0.5) is 11.4 Å². The highest BCUT2D eigenvalue weighted by Crippen LogP contribution is 2.29. The van der Waals surface area contributed by atoms with Gasteiger partial charge in [-0.05, 0) is 47.5 Å². The first-order valence-corrected chi connectivity index (χ1v) is 10.5. The Kier molecular flexibility index (Phi) is 5.06. The van der Waals surface area contributed by atoms with Crippen molar-refractivity contribution in [1.82, 2.24) is 8.75 Å². The lowest BCUT2D eigenvalue weighted by Crippen LogP contribution is -2.07. The number of benzene rings is 4. The zero-order valence-electron chi connectivity index (χ0n) is 16.2. The van der Waals surface area contributed by atoms with Gasteiger partial charge < -0.3 is 4.90 Å².